The maximum Gasteiger partial charge on any atom is 0.466 e. The van der Waals surface area contributed by atoms with Gasteiger partial charge in [0.25, 0.3) is 0 Å². The summed E-state index contributed by atoms with van der Waals surface area (Å²) in [4.78, 5) is 31.0. The maximum absolute atomic E-state index is 9.46. The topological polar surface area (TPSA) is 121 Å². The van der Waals surface area contributed by atoms with Gasteiger partial charge in [-0.2, -0.15) is 0 Å². The van der Waals surface area contributed by atoms with E-state index in [2.05, 4.69) is 5.73 Å². The predicted octanol–water partition coefficient (Wildman–Crippen LogP) is -1.22. The minimum absolute atomic E-state index is 0.0833. The van der Waals surface area contributed by atoms with Crippen LogP contribution in [0, 0.1) is 0 Å². The van der Waals surface area contributed by atoms with Crippen LogP contribution in [0.25, 0.3) is 0 Å². The zero-order valence-electron chi connectivity index (χ0n) is 4.77. The van der Waals surface area contributed by atoms with E-state index in [1.807, 2.05) is 0 Å². The smallest absolute Gasteiger partial charge is 0.369 e. The van der Waals surface area contributed by atoms with Crippen molar-refractivity contribution >= 4 is 25.3 Å². The van der Waals surface area contributed by atoms with Gasteiger partial charge in [-0.05, 0) is 0 Å². The molecule has 0 radical (unpaired) electrons. The second-order valence-electron chi connectivity index (χ2n) is 1.11. The highest BCUT2D eigenvalue weighted by Crippen LogP contribution is 2.25. The third-order valence-electron chi connectivity index (χ3n) is 0.132. The van der Waals surface area contributed by atoms with Crippen LogP contribution in [0.3, 0.4) is 0 Å². The van der Waals surface area contributed by atoms with Gasteiger partial charge in [0.05, 0.1) is 0 Å². The van der Waals surface area contributed by atoms with Gasteiger partial charge in [-0.3, -0.25) is 4.79 Å². The van der Waals surface area contributed by atoms with Crippen LogP contribution in [0.4, 0.5) is 0 Å². The van der Waals surface area contributed by atoms with Gasteiger partial charge >= 0.3 is 7.82 Å². The number of halogens is 1. The Bertz CT molecular complexity index is 134. The molecule has 10 heavy (non-hydrogen) atoms. The van der Waals surface area contributed by atoms with Gasteiger partial charge in [0, 0.05) is 0 Å². The summed E-state index contributed by atoms with van der Waals surface area (Å²) in [5.41, 5.74) is 4.52. The summed E-state index contributed by atoms with van der Waals surface area (Å²) < 4.78 is 8.88. The van der Waals surface area contributed by atoms with Gasteiger partial charge in [0.2, 0.25) is 5.91 Å². The molecule has 8 heteroatoms. The number of primary amides is 1. The highest BCUT2D eigenvalue weighted by Gasteiger charge is 2.00. The number of hydrogen-bond acceptors (Lipinski definition) is 2. The van der Waals surface area contributed by atoms with Crippen LogP contribution in [0.15, 0.2) is 0 Å². The Morgan fingerprint density at radius 3 is 1.60 bits per heavy atom. The number of nitrogens with two attached hydrogens (primary N) is 1. The van der Waals surface area contributed by atoms with E-state index in [4.69, 9.17) is 30.8 Å². The van der Waals surface area contributed by atoms with E-state index in [-0.39, 0.29) is 5.88 Å². The van der Waals surface area contributed by atoms with Crippen molar-refractivity contribution in [3.8, 4) is 0 Å². The molecule has 0 unspecified atom stereocenters. The molecule has 0 aromatic heterocycles. The van der Waals surface area contributed by atoms with Crippen molar-refractivity contribution in [2.24, 2.45) is 5.73 Å². The van der Waals surface area contributed by atoms with Crippen LogP contribution < -0.4 is 5.73 Å². The van der Waals surface area contributed by atoms with Crippen molar-refractivity contribution in [2.75, 3.05) is 5.88 Å². The average Bonchev–Trinajstić information content (AvgIpc) is 1.61. The van der Waals surface area contributed by atoms with Gasteiger partial charge < -0.3 is 20.4 Å². The molecule has 0 spiro atoms. The van der Waals surface area contributed by atoms with Gasteiger partial charge in [-0.15, -0.1) is 11.6 Å². The van der Waals surface area contributed by atoms with E-state index in [0.717, 1.165) is 0 Å². The molecule has 5 N–H and O–H groups in total. The minimum atomic E-state index is -4.64. The van der Waals surface area contributed by atoms with E-state index in [1.165, 1.54) is 0 Å². The Labute approximate surface area is 61.8 Å². The number of rotatable bonds is 1. The zero-order valence-corrected chi connectivity index (χ0v) is 6.42. The Hall–Kier alpha value is -0.130. The highest BCUT2D eigenvalue weighted by atomic mass is 35.5. The molecule has 62 valence electrons. The molecular weight excluding hydrogens is 184 g/mol. The fourth-order valence-electron chi connectivity index (χ4n) is 0. The predicted molar refractivity (Wildman–Crippen MR) is 34.2 cm³/mol. The first-order chi connectivity index (χ1) is 4.27. The van der Waals surface area contributed by atoms with Crippen LogP contribution in [0.5, 0.6) is 0 Å². The quantitative estimate of drug-likeness (QED) is 0.306. The number of amides is 1. The number of phosphoric acid groups is 1. The second kappa shape index (κ2) is 5.64. The van der Waals surface area contributed by atoms with Crippen molar-refractivity contribution in [1.29, 1.82) is 0 Å². The van der Waals surface area contributed by atoms with Crippen LogP contribution in [-0.2, 0) is 9.36 Å². The lowest BCUT2D eigenvalue weighted by atomic mass is 10.8. The highest BCUT2D eigenvalue weighted by molar-refractivity contribution is 7.45. The lowest BCUT2D eigenvalue weighted by molar-refractivity contribution is -0.115. The maximum atomic E-state index is 9.46. The lowest BCUT2D eigenvalue weighted by Crippen LogP contribution is -2.10. The number of hydrogen-bond donors (Lipinski definition) is 4. The standard InChI is InChI=1S/C2H4ClNO.H3O4P/c3-1-2(4)5;1-5(2,3)4/h1H2,(H2,4,5);(H3,1,2,3,4). The molecule has 0 aliphatic carbocycles. The molecule has 0 atom stereocenters. The number of carbonyl (C=O) groups excluding carboxylic acids is 1. The molecular formula is C2H7ClNO5P. The number of alkyl halides is 1. The third-order valence-corrected chi connectivity index (χ3v) is 0.395. The molecule has 0 fully saturated rings. The summed E-state index contributed by atoms with van der Waals surface area (Å²) in [6, 6.07) is 0. The minimum Gasteiger partial charge on any atom is -0.369 e. The SMILES string of the molecule is NC(=O)CCl.O=P(O)(O)O. The molecule has 6 nitrogen and oxygen atoms in total. The van der Waals surface area contributed by atoms with Gasteiger partial charge in [-0.1, -0.05) is 0 Å². The fraction of sp³-hybridized carbons (Fsp3) is 0.500. The summed E-state index contributed by atoms with van der Waals surface area (Å²) >= 11 is 4.86. The molecule has 0 aromatic rings. The summed E-state index contributed by atoms with van der Waals surface area (Å²) in [6.45, 7) is 0. The molecule has 0 aliphatic rings. The molecule has 0 bridgehead atoms. The van der Waals surface area contributed by atoms with Crippen molar-refractivity contribution < 1.29 is 24.0 Å². The van der Waals surface area contributed by atoms with Gasteiger partial charge in [0.1, 0.15) is 5.88 Å². The van der Waals surface area contributed by atoms with E-state index in [1.54, 1.807) is 0 Å². The summed E-state index contributed by atoms with van der Waals surface area (Å²) in [7, 11) is -4.64. The Balaban J connectivity index is 0. The lowest BCUT2D eigenvalue weighted by Gasteiger charge is -1.82. The zero-order chi connectivity index (χ0) is 8.78. The summed E-state index contributed by atoms with van der Waals surface area (Å²) in [6.07, 6.45) is 0. The molecule has 0 saturated heterocycles. The summed E-state index contributed by atoms with van der Waals surface area (Å²) in [5.74, 6) is -0.563. The van der Waals surface area contributed by atoms with E-state index in [0.29, 0.717) is 0 Å². The molecule has 0 aliphatic heterocycles. The average molecular weight is 192 g/mol. The van der Waals surface area contributed by atoms with Crippen molar-refractivity contribution in [3.05, 3.63) is 0 Å². The van der Waals surface area contributed by atoms with Crippen molar-refractivity contribution in [3.63, 3.8) is 0 Å². The number of carbonyl (C=O) groups is 1. The van der Waals surface area contributed by atoms with Gasteiger partial charge in [0.15, 0.2) is 0 Å². The largest absolute Gasteiger partial charge is 0.466 e. The van der Waals surface area contributed by atoms with Crippen LogP contribution in [0.1, 0.15) is 0 Å². The Morgan fingerprint density at radius 2 is 1.60 bits per heavy atom. The molecule has 1 amide bonds. The first kappa shape index (κ1) is 12.5. The van der Waals surface area contributed by atoms with Gasteiger partial charge in [-0.25, -0.2) is 4.57 Å². The third kappa shape index (κ3) is 106. The van der Waals surface area contributed by atoms with E-state index < -0.39 is 13.7 Å². The van der Waals surface area contributed by atoms with Crippen molar-refractivity contribution in [2.45, 2.75) is 0 Å². The Morgan fingerprint density at radius 1 is 1.50 bits per heavy atom. The van der Waals surface area contributed by atoms with Crippen LogP contribution in [-0.4, -0.2) is 26.5 Å². The Kier molecular flexibility index (Phi) is 7.07. The first-order valence-corrected chi connectivity index (χ1v) is 4.00. The molecule has 0 heterocycles. The molecule has 0 rings (SSSR count). The normalized spacial score (nSPS) is 9.60. The fourth-order valence-corrected chi connectivity index (χ4v) is 0. The van der Waals surface area contributed by atoms with Crippen LogP contribution >= 0.6 is 19.4 Å². The second-order valence-corrected chi connectivity index (χ2v) is 2.41. The molecule has 0 aromatic carbocycles. The summed E-state index contributed by atoms with van der Waals surface area (Å²) in [5, 5.41) is 0. The molecule has 0 saturated carbocycles. The van der Waals surface area contributed by atoms with E-state index in [9.17, 15) is 4.79 Å². The van der Waals surface area contributed by atoms with Crippen LogP contribution in [0.2, 0.25) is 0 Å². The first-order valence-electron chi connectivity index (χ1n) is 1.90. The monoisotopic (exact) mass is 191 g/mol. The van der Waals surface area contributed by atoms with E-state index >= 15 is 0 Å². The van der Waals surface area contributed by atoms with Crippen molar-refractivity contribution in [1.82, 2.24) is 0 Å².